The number of hydrogen-bond donors (Lipinski definition) is 0. The lowest BCUT2D eigenvalue weighted by Crippen LogP contribution is -2.07. The van der Waals surface area contributed by atoms with Crippen molar-refractivity contribution < 1.29 is 0 Å². The predicted octanol–water partition coefficient (Wildman–Crippen LogP) is 1.64. The molecule has 8 heavy (non-hydrogen) atoms. The van der Waals surface area contributed by atoms with Crippen LogP contribution in [0, 0.1) is 0 Å². The Kier molecular flexibility index (Phi) is 0.667. The van der Waals surface area contributed by atoms with E-state index in [9.17, 15) is 0 Å². The summed E-state index contributed by atoms with van der Waals surface area (Å²) in [5.74, 6) is 0. The lowest BCUT2D eigenvalue weighted by atomic mass is 10.1. The van der Waals surface area contributed by atoms with Gasteiger partial charge in [-0.05, 0) is 12.1 Å². The highest BCUT2D eigenvalue weighted by molar-refractivity contribution is 6.31. The lowest BCUT2D eigenvalue weighted by molar-refractivity contribution is 0.893. The van der Waals surface area contributed by atoms with Gasteiger partial charge in [0.1, 0.15) is 0 Å². The maximum absolute atomic E-state index is 5.69. The third-order valence-electron chi connectivity index (χ3n) is 1.32. The molecule has 40 valence electrons. The fourth-order valence-electron chi connectivity index (χ4n) is 0.832. The van der Waals surface area contributed by atoms with E-state index in [1.807, 2.05) is 12.1 Å². The Labute approximate surface area is 52.3 Å². The minimum atomic E-state index is 0.806. The van der Waals surface area contributed by atoms with E-state index in [4.69, 9.17) is 11.6 Å². The molecular weight excluding hydrogens is 122 g/mol. The van der Waals surface area contributed by atoms with Crippen LogP contribution in [0.2, 0.25) is 5.02 Å². The smallest absolute Gasteiger partial charge is 0.0652 e. The Hall–Kier alpha value is -0.560. The van der Waals surface area contributed by atoms with Crippen LogP contribution in [-0.4, -0.2) is 4.98 Å². The van der Waals surface area contributed by atoms with Gasteiger partial charge in [0.2, 0.25) is 0 Å². The monoisotopic (exact) mass is 125 g/mol. The fraction of sp³-hybridized carbons (Fsp3) is 0.167. The number of fused-ring (bicyclic) bond motifs is 2. The van der Waals surface area contributed by atoms with Crippen LogP contribution in [0.15, 0.2) is 12.1 Å². The standard InChI is InChI=1S/C6H4ClN/c7-5-2-1-4-3-6(5)8-4/h1-2H,3H2. The SMILES string of the molecule is Clc1ccc2nc1C2. The van der Waals surface area contributed by atoms with Crippen LogP contribution < -0.4 is 0 Å². The Morgan fingerprint density at radius 3 is 2.50 bits per heavy atom. The van der Waals surface area contributed by atoms with Gasteiger partial charge in [-0.15, -0.1) is 0 Å². The van der Waals surface area contributed by atoms with Gasteiger partial charge in [-0.25, -0.2) is 0 Å². The number of pyridine rings is 1. The van der Waals surface area contributed by atoms with Crippen LogP contribution in [-0.2, 0) is 6.42 Å². The molecule has 2 heteroatoms. The predicted molar refractivity (Wildman–Crippen MR) is 32.1 cm³/mol. The molecule has 0 unspecified atom stereocenters. The molecule has 2 heterocycles. The van der Waals surface area contributed by atoms with Gasteiger partial charge < -0.3 is 0 Å². The van der Waals surface area contributed by atoms with E-state index < -0.39 is 0 Å². The highest BCUT2D eigenvalue weighted by Gasteiger charge is 2.13. The molecule has 0 atom stereocenters. The summed E-state index contributed by atoms with van der Waals surface area (Å²) in [6, 6.07) is 3.85. The quantitative estimate of drug-likeness (QED) is 0.522. The van der Waals surface area contributed by atoms with E-state index in [-0.39, 0.29) is 0 Å². The van der Waals surface area contributed by atoms with E-state index in [1.54, 1.807) is 0 Å². The number of nitrogens with zero attached hydrogens (tertiary/aromatic N) is 1. The van der Waals surface area contributed by atoms with E-state index in [0.29, 0.717) is 0 Å². The molecular formula is C6H4ClN. The summed E-state index contributed by atoms with van der Waals surface area (Å²) >= 11 is 5.69. The van der Waals surface area contributed by atoms with E-state index in [1.165, 1.54) is 0 Å². The zero-order valence-electron chi connectivity index (χ0n) is 4.19. The molecule has 1 aromatic rings. The van der Waals surface area contributed by atoms with Crippen LogP contribution in [0.25, 0.3) is 0 Å². The molecule has 0 saturated heterocycles. The summed E-state index contributed by atoms with van der Waals surface area (Å²) in [5, 5.41) is 0.806. The molecule has 0 saturated carbocycles. The van der Waals surface area contributed by atoms with Gasteiger partial charge >= 0.3 is 0 Å². The second kappa shape index (κ2) is 1.23. The van der Waals surface area contributed by atoms with Crippen molar-refractivity contribution in [3.63, 3.8) is 0 Å². The van der Waals surface area contributed by atoms with Crippen molar-refractivity contribution in [2.45, 2.75) is 6.42 Å². The first-order valence-electron chi connectivity index (χ1n) is 2.50. The average Bonchev–Trinajstić information content (AvgIpc) is 1.62. The molecule has 0 fully saturated rings. The average molecular weight is 126 g/mol. The fourth-order valence-corrected chi connectivity index (χ4v) is 1.00. The molecule has 0 radical (unpaired) electrons. The molecule has 1 aliphatic carbocycles. The van der Waals surface area contributed by atoms with Crippen LogP contribution in [0.4, 0.5) is 0 Å². The number of rotatable bonds is 0. The van der Waals surface area contributed by atoms with Gasteiger partial charge in [-0.2, -0.15) is 0 Å². The number of aromatic nitrogens is 1. The lowest BCUT2D eigenvalue weighted by Gasteiger charge is -2.12. The first-order valence-corrected chi connectivity index (χ1v) is 2.88. The van der Waals surface area contributed by atoms with Crippen molar-refractivity contribution >= 4 is 11.6 Å². The molecule has 1 nitrogen and oxygen atoms in total. The van der Waals surface area contributed by atoms with Crippen LogP contribution in [0.1, 0.15) is 11.4 Å². The third kappa shape index (κ3) is 0.397. The zero-order chi connectivity index (χ0) is 5.56. The van der Waals surface area contributed by atoms with Crippen LogP contribution in [0.3, 0.4) is 0 Å². The molecule has 1 aliphatic heterocycles. The summed E-state index contributed by atoms with van der Waals surface area (Å²) in [7, 11) is 0. The first kappa shape index (κ1) is 4.33. The molecule has 0 amide bonds. The zero-order valence-corrected chi connectivity index (χ0v) is 4.94. The number of hydrogen-bond acceptors (Lipinski definition) is 1. The Bertz CT molecular complexity index is 223. The van der Waals surface area contributed by atoms with Crippen molar-refractivity contribution in [2.75, 3.05) is 0 Å². The summed E-state index contributed by atoms with van der Waals surface area (Å²) in [5.41, 5.74) is 2.20. The summed E-state index contributed by atoms with van der Waals surface area (Å²) in [4.78, 5) is 4.09. The van der Waals surface area contributed by atoms with Gasteiger partial charge in [0.15, 0.2) is 0 Å². The molecule has 3 rings (SSSR count). The van der Waals surface area contributed by atoms with Gasteiger partial charge in [0.05, 0.1) is 10.7 Å². The van der Waals surface area contributed by atoms with Crippen molar-refractivity contribution in [2.24, 2.45) is 0 Å². The summed E-state index contributed by atoms with van der Waals surface area (Å²) in [6.45, 7) is 0. The second-order valence-corrected chi connectivity index (χ2v) is 2.32. The van der Waals surface area contributed by atoms with Gasteiger partial charge in [-0.1, -0.05) is 11.6 Å². The van der Waals surface area contributed by atoms with Crippen LogP contribution in [0.5, 0.6) is 0 Å². The van der Waals surface area contributed by atoms with E-state index >= 15 is 0 Å². The number of halogens is 1. The van der Waals surface area contributed by atoms with Gasteiger partial charge in [-0.3, -0.25) is 4.98 Å². The molecule has 0 spiro atoms. The molecule has 1 aromatic heterocycles. The largest absolute Gasteiger partial charge is 0.256 e. The first-order chi connectivity index (χ1) is 3.86. The second-order valence-electron chi connectivity index (χ2n) is 1.91. The van der Waals surface area contributed by atoms with Crippen LogP contribution >= 0.6 is 11.6 Å². The maximum atomic E-state index is 5.69. The minimum absolute atomic E-state index is 0.806. The summed E-state index contributed by atoms with van der Waals surface area (Å²) in [6.07, 6.45) is 0.981. The van der Waals surface area contributed by atoms with Crippen molar-refractivity contribution in [1.29, 1.82) is 0 Å². The van der Waals surface area contributed by atoms with E-state index in [2.05, 4.69) is 4.98 Å². The molecule has 0 aromatic carbocycles. The maximum Gasteiger partial charge on any atom is 0.0652 e. The molecule has 2 bridgehead atoms. The minimum Gasteiger partial charge on any atom is -0.256 e. The topological polar surface area (TPSA) is 12.9 Å². The van der Waals surface area contributed by atoms with Gasteiger partial charge in [0, 0.05) is 12.1 Å². The van der Waals surface area contributed by atoms with Crippen molar-refractivity contribution in [3.05, 3.63) is 28.5 Å². The molecule has 0 N–H and O–H groups in total. The summed E-state index contributed by atoms with van der Waals surface area (Å²) < 4.78 is 0. The highest BCUT2D eigenvalue weighted by atomic mass is 35.5. The normalized spacial score (nSPS) is 13.1. The van der Waals surface area contributed by atoms with Crippen molar-refractivity contribution in [3.8, 4) is 0 Å². The highest BCUT2D eigenvalue weighted by Crippen LogP contribution is 2.23. The van der Waals surface area contributed by atoms with Gasteiger partial charge in [0.25, 0.3) is 0 Å². The molecule has 2 aliphatic rings. The van der Waals surface area contributed by atoms with E-state index in [0.717, 1.165) is 22.8 Å². The Balaban J connectivity index is 2.72. The Morgan fingerprint density at radius 1 is 1.50 bits per heavy atom. The Morgan fingerprint density at radius 2 is 2.25 bits per heavy atom. The third-order valence-corrected chi connectivity index (χ3v) is 1.67. The van der Waals surface area contributed by atoms with Crippen molar-refractivity contribution in [1.82, 2.24) is 4.98 Å².